The summed E-state index contributed by atoms with van der Waals surface area (Å²) in [5.41, 5.74) is 1.06. The summed E-state index contributed by atoms with van der Waals surface area (Å²) in [7, 11) is 0. The van der Waals surface area contributed by atoms with Crippen LogP contribution in [0.25, 0.3) is 0 Å². The summed E-state index contributed by atoms with van der Waals surface area (Å²) < 4.78 is 23.2. The number of anilines is 2. The number of esters is 1. The zero-order chi connectivity index (χ0) is 20.1. The fourth-order valence-corrected chi connectivity index (χ4v) is 2.92. The second-order valence-electron chi connectivity index (χ2n) is 6.29. The van der Waals surface area contributed by atoms with E-state index in [0.29, 0.717) is 11.4 Å². The normalized spacial score (nSPS) is 15.9. The van der Waals surface area contributed by atoms with Crippen LogP contribution in [0.4, 0.5) is 15.8 Å². The highest BCUT2D eigenvalue weighted by Gasteiger charge is 2.30. The number of carbonyl (C=O) groups excluding carboxylic acids is 3. The second-order valence-corrected chi connectivity index (χ2v) is 6.29. The minimum Gasteiger partial charge on any atom is -0.482 e. The number of amides is 2. The van der Waals surface area contributed by atoms with Crippen molar-refractivity contribution in [2.45, 2.75) is 19.4 Å². The molecule has 0 fully saturated rings. The minimum absolute atomic E-state index is 0.122. The van der Waals surface area contributed by atoms with Gasteiger partial charge in [0.1, 0.15) is 11.6 Å². The molecule has 0 bridgehead atoms. The third kappa shape index (κ3) is 4.64. The predicted molar refractivity (Wildman–Crippen MR) is 99.5 cm³/mol. The number of rotatable bonds is 5. The quantitative estimate of drug-likeness (QED) is 0.798. The van der Waals surface area contributed by atoms with Crippen LogP contribution < -0.4 is 15.0 Å². The van der Waals surface area contributed by atoms with Gasteiger partial charge in [0.25, 0.3) is 5.91 Å². The highest BCUT2D eigenvalue weighted by atomic mass is 19.1. The van der Waals surface area contributed by atoms with Crippen LogP contribution in [0.3, 0.4) is 0 Å². The number of carbonyl (C=O) groups is 3. The third-order valence-corrected chi connectivity index (χ3v) is 4.14. The van der Waals surface area contributed by atoms with Gasteiger partial charge in [0.15, 0.2) is 13.2 Å². The number of para-hydroxylation sites is 2. The summed E-state index contributed by atoms with van der Waals surface area (Å²) in [5.74, 6) is -1.73. The highest BCUT2D eigenvalue weighted by molar-refractivity contribution is 6.05. The molecule has 7 nitrogen and oxygen atoms in total. The van der Waals surface area contributed by atoms with Crippen LogP contribution in [0.1, 0.15) is 13.3 Å². The van der Waals surface area contributed by atoms with Crippen LogP contribution >= 0.6 is 0 Å². The molecule has 0 saturated heterocycles. The van der Waals surface area contributed by atoms with E-state index >= 15 is 0 Å². The predicted octanol–water partition coefficient (Wildman–Crippen LogP) is 2.51. The van der Waals surface area contributed by atoms with Gasteiger partial charge in [0.05, 0.1) is 11.4 Å². The van der Waals surface area contributed by atoms with Crippen molar-refractivity contribution in [3.8, 4) is 5.75 Å². The molecule has 1 aliphatic heterocycles. The van der Waals surface area contributed by atoms with Crippen LogP contribution in [0.5, 0.6) is 5.75 Å². The van der Waals surface area contributed by atoms with E-state index < -0.39 is 36.9 Å². The van der Waals surface area contributed by atoms with Crippen LogP contribution in [-0.2, 0) is 19.1 Å². The van der Waals surface area contributed by atoms with Gasteiger partial charge < -0.3 is 19.7 Å². The van der Waals surface area contributed by atoms with E-state index in [1.807, 2.05) is 0 Å². The lowest BCUT2D eigenvalue weighted by Gasteiger charge is -2.27. The molecule has 1 heterocycles. The Morgan fingerprint density at radius 3 is 2.75 bits per heavy atom. The van der Waals surface area contributed by atoms with Crippen LogP contribution in [0.15, 0.2) is 48.5 Å². The van der Waals surface area contributed by atoms with Gasteiger partial charge in [0, 0.05) is 18.5 Å². The summed E-state index contributed by atoms with van der Waals surface area (Å²) in [4.78, 5) is 37.9. The van der Waals surface area contributed by atoms with Crippen molar-refractivity contribution in [3.05, 3.63) is 54.3 Å². The number of hydrogen-bond donors (Lipinski definition) is 1. The Hall–Kier alpha value is -3.42. The molecule has 2 aromatic carbocycles. The van der Waals surface area contributed by atoms with Gasteiger partial charge in [-0.1, -0.05) is 18.2 Å². The number of halogens is 1. The first kappa shape index (κ1) is 19.3. The fourth-order valence-electron chi connectivity index (χ4n) is 2.92. The monoisotopic (exact) mass is 386 g/mol. The zero-order valence-electron chi connectivity index (χ0n) is 15.2. The van der Waals surface area contributed by atoms with E-state index in [-0.39, 0.29) is 18.1 Å². The smallest absolute Gasteiger partial charge is 0.344 e. The first-order valence-corrected chi connectivity index (χ1v) is 8.69. The Kier molecular flexibility index (Phi) is 5.88. The topological polar surface area (TPSA) is 84.9 Å². The average Bonchev–Trinajstić information content (AvgIpc) is 2.78. The summed E-state index contributed by atoms with van der Waals surface area (Å²) in [6, 6.07) is 11.9. The average molecular weight is 386 g/mol. The van der Waals surface area contributed by atoms with Gasteiger partial charge in [-0.3, -0.25) is 9.59 Å². The Labute approximate surface area is 161 Å². The molecule has 0 aliphatic carbocycles. The Morgan fingerprint density at radius 2 is 1.96 bits per heavy atom. The van der Waals surface area contributed by atoms with Crippen molar-refractivity contribution >= 4 is 29.2 Å². The lowest BCUT2D eigenvalue weighted by molar-refractivity contribution is -0.149. The van der Waals surface area contributed by atoms with E-state index in [9.17, 15) is 18.8 Å². The number of nitrogens with zero attached hydrogens (tertiary/aromatic N) is 1. The van der Waals surface area contributed by atoms with Gasteiger partial charge in [-0.2, -0.15) is 0 Å². The van der Waals surface area contributed by atoms with Crippen molar-refractivity contribution in [2.24, 2.45) is 0 Å². The molecule has 8 heteroatoms. The molecule has 3 rings (SSSR count). The lowest BCUT2D eigenvalue weighted by atomic mass is 10.1. The molecule has 0 unspecified atom stereocenters. The van der Waals surface area contributed by atoms with Gasteiger partial charge in [0.2, 0.25) is 5.91 Å². The Balaban J connectivity index is 1.60. The van der Waals surface area contributed by atoms with Crippen molar-refractivity contribution in [3.63, 3.8) is 0 Å². The first-order chi connectivity index (χ1) is 13.4. The first-order valence-electron chi connectivity index (χ1n) is 8.69. The summed E-state index contributed by atoms with van der Waals surface area (Å²) in [6.07, 6.45) is 0.122. The van der Waals surface area contributed by atoms with Gasteiger partial charge in [-0.25, -0.2) is 9.18 Å². The molecule has 1 aliphatic rings. The summed E-state index contributed by atoms with van der Waals surface area (Å²) >= 11 is 0. The van der Waals surface area contributed by atoms with Crippen molar-refractivity contribution in [1.82, 2.24) is 0 Å². The van der Waals surface area contributed by atoms with E-state index in [0.717, 1.165) is 6.07 Å². The van der Waals surface area contributed by atoms with Crippen molar-refractivity contribution < 1.29 is 28.2 Å². The molecule has 0 radical (unpaired) electrons. The Bertz CT molecular complexity index is 902. The fraction of sp³-hybridized carbons (Fsp3) is 0.250. The lowest BCUT2D eigenvalue weighted by Crippen LogP contribution is -2.41. The minimum atomic E-state index is -0.762. The third-order valence-electron chi connectivity index (χ3n) is 4.14. The van der Waals surface area contributed by atoms with Gasteiger partial charge >= 0.3 is 5.97 Å². The van der Waals surface area contributed by atoms with E-state index in [1.165, 1.54) is 23.1 Å². The molecule has 1 N–H and O–H groups in total. The molecule has 1 atom stereocenters. The van der Waals surface area contributed by atoms with Crippen molar-refractivity contribution in [1.29, 1.82) is 0 Å². The molecular weight excluding hydrogens is 367 g/mol. The number of ether oxygens (including phenoxy) is 2. The maximum absolute atomic E-state index is 13.1. The molecular formula is C20H19FN2O5. The van der Waals surface area contributed by atoms with Crippen LogP contribution in [0, 0.1) is 5.82 Å². The van der Waals surface area contributed by atoms with E-state index in [4.69, 9.17) is 9.47 Å². The molecule has 0 aromatic heterocycles. The van der Waals surface area contributed by atoms with Crippen LogP contribution in [0.2, 0.25) is 0 Å². The van der Waals surface area contributed by atoms with Gasteiger partial charge in [-0.05, 0) is 31.2 Å². The molecule has 0 spiro atoms. The van der Waals surface area contributed by atoms with E-state index in [2.05, 4.69) is 5.32 Å². The van der Waals surface area contributed by atoms with Crippen molar-refractivity contribution in [2.75, 3.05) is 23.4 Å². The molecule has 2 aromatic rings. The number of fused-ring (bicyclic) bond motifs is 1. The zero-order valence-corrected chi connectivity index (χ0v) is 15.2. The summed E-state index contributed by atoms with van der Waals surface area (Å²) in [5, 5.41) is 2.75. The standard InChI is InChI=1S/C20H19FN2O5/c1-13-9-18(24)22-16-7-2-3-8-17(16)23(13)19(25)11-28-20(26)12-27-15-6-4-5-14(21)10-15/h2-8,10,13H,9,11-12H2,1H3,(H,22,24)/t13-/m1/s1. The van der Waals surface area contributed by atoms with Crippen LogP contribution in [-0.4, -0.2) is 37.0 Å². The summed E-state index contributed by atoms with van der Waals surface area (Å²) in [6.45, 7) is 0.787. The number of nitrogens with one attached hydrogen (secondary N) is 1. The molecule has 0 saturated carbocycles. The second kappa shape index (κ2) is 8.51. The number of hydrogen-bond acceptors (Lipinski definition) is 5. The largest absolute Gasteiger partial charge is 0.482 e. The highest BCUT2D eigenvalue weighted by Crippen LogP contribution is 2.31. The molecule has 2 amide bonds. The molecule has 28 heavy (non-hydrogen) atoms. The Morgan fingerprint density at radius 1 is 1.18 bits per heavy atom. The molecule has 146 valence electrons. The van der Waals surface area contributed by atoms with E-state index in [1.54, 1.807) is 31.2 Å². The number of benzene rings is 2. The SMILES string of the molecule is C[C@@H]1CC(=O)Nc2ccccc2N1C(=O)COC(=O)COc1cccc(F)c1. The maximum atomic E-state index is 13.1. The van der Waals surface area contributed by atoms with Gasteiger partial charge in [-0.15, -0.1) is 0 Å². The maximum Gasteiger partial charge on any atom is 0.344 e.